The average molecular weight is 402 g/mol. The lowest BCUT2D eigenvalue weighted by molar-refractivity contribution is 0.100. The number of benzene rings is 1. The topological polar surface area (TPSA) is 97.5 Å². The van der Waals surface area contributed by atoms with E-state index in [9.17, 15) is 4.79 Å². The van der Waals surface area contributed by atoms with Crippen LogP contribution in [-0.2, 0) is 11.2 Å². The number of fused-ring (bicyclic) bond motifs is 1. The second kappa shape index (κ2) is 7.72. The van der Waals surface area contributed by atoms with E-state index in [1.54, 1.807) is 24.5 Å². The van der Waals surface area contributed by atoms with E-state index < -0.39 is 5.91 Å². The van der Waals surface area contributed by atoms with E-state index in [0.29, 0.717) is 24.7 Å². The molecule has 3 aromatic rings. The number of ether oxygens (including phenoxy) is 1. The molecule has 0 unspecified atom stereocenters. The molecular formula is C22H22N6O2. The first-order chi connectivity index (χ1) is 14.7. The zero-order valence-corrected chi connectivity index (χ0v) is 16.5. The number of aromatic nitrogens is 3. The summed E-state index contributed by atoms with van der Waals surface area (Å²) in [5.41, 5.74) is 9.90. The number of anilines is 3. The molecule has 1 amide bonds. The van der Waals surface area contributed by atoms with Gasteiger partial charge in [-0.05, 0) is 30.7 Å². The Morgan fingerprint density at radius 2 is 1.70 bits per heavy atom. The smallest absolute Gasteiger partial charge is 0.248 e. The number of primary amides is 1. The lowest BCUT2D eigenvalue weighted by atomic mass is 10.0. The fraction of sp³-hybridized carbons (Fsp3) is 0.273. The minimum absolute atomic E-state index is 0.438. The molecular weight excluding hydrogens is 380 g/mol. The van der Waals surface area contributed by atoms with Gasteiger partial charge in [-0.2, -0.15) is 4.98 Å². The van der Waals surface area contributed by atoms with E-state index >= 15 is 0 Å². The van der Waals surface area contributed by atoms with Crippen molar-refractivity contribution in [1.82, 2.24) is 15.0 Å². The molecule has 4 heterocycles. The van der Waals surface area contributed by atoms with Crippen molar-refractivity contribution in [2.75, 3.05) is 42.6 Å². The number of carbonyl (C=O) groups is 1. The van der Waals surface area contributed by atoms with Crippen LogP contribution in [0.4, 0.5) is 17.5 Å². The number of hydrogen-bond acceptors (Lipinski definition) is 7. The van der Waals surface area contributed by atoms with Gasteiger partial charge in [0, 0.05) is 54.4 Å². The summed E-state index contributed by atoms with van der Waals surface area (Å²) >= 11 is 0. The molecule has 5 rings (SSSR count). The Kier molecular flexibility index (Phi) is 4.76. The van der Waals surface area contributed by atoms with Crippen LogP contribution in [-0.4, -0.2) is 53.7 Å². The van der Waals surface area contributed by atoms with E-state index in [1.807, 2.05) is 24.3 Å². The zero-order chi connectivity index (χ0) is 20.5. The van der Waals surface area contributed by atoms with Gasteiger partial charge < -0.3 is 20.3 Å². The van der Waals surface area contributed by atoms with Gasteiger partial charge in [0.25, 0.3) is 0 Å². The Balaban J connectivity index is 1.62. The van der Waals surface area contributed by atoms with Crippen LogP contribution in [0.15, 0.2) is 48.8 Å². The van der Waals surface area contributed by atoms with E-state index in [2.05, 4.69) is 14.8 Å². The highest BCUT2D eigenvalue weighted by atomic mass is 16.5. The third-order valence-electron chi connectivity index (χ3n) is 5.53. The summed E-state index contributed by atoms with van der Waals surface area (Å²) in [5.74, 6) is 1.19. The van der Waals surface area contributed by atoms with Gasteiger partial charge in [-0.3, -0.25) is 9.78 Å². The predicted molar refractivity (Wildman–Crippen MR) is 114 cm³/mol. The number of nitrogens with two attached hydrogens (primary N) is 1. The maximum Gasteiger partial charge on any atom is 0.248 e. The number of rotatable bonds is 4. The Morgan fingerprint density at radius 3 is 2.40 bits per heavy atom. The molecule has 0 spiro atoms. The van der Waals surface area contributed by atoms with Crippen LogP contribution in [0.1, 0.15) is 15.9 Å². The molecule has 1 fully saturated rings. The number of carbonyl (C=O) groups excluding carboxylic acids is 1. The third-order valence-corrected chi connectivity index (χ3v) is 5.53. The fourth-order valence-electron chi connectivity index (χ4n) is 3.95. The van der Waals surface area contributed by atoms with Gasteiger partial charge in [0.1, 0.15) is 5.82 Å². The van der Waals surface area contributed by atoms with Gasteiger partial charge in [-0.15, -0.1) is 0 Å². The summed E-state index contributed by atoms with van der Waals surface area (Å²) in [6.45, 7) is 3.67. The third kappa shape index (κ3) is 3.35. The molecule has 2 aliphatic heterocycles. The molecule has 2 N–H and O–H groups in total. The first kappa shape index (κ1) is 18.5. The predicted octanol–water partition coefficient (Wildman–Crippen LogP) is 2.17. The molecule has 1 saturated heterocycles. The highest BCUT2D eigenvalue weighted by Crippen LogP contribution is 2.39. The Bertz CT molecular complexity index is 1060. The second-order valence-corrected chi connectivity index (χ2v) is 7.32. The van der Waals surface area contributed by atoms with Gasteiger partial charge in [0.05, 0.1) is 18.9 Å². The van der Waals surface area contributed by atoms with Crippen molar-refractivity contribution in [3.8, 4) is 11.3 Å². The van der Waals surface area contributed by atoms with Gasteiger partial charge >= 0.3 is 0 Å². The number of amides is 1. The largest absolute Gasteiger partial charge is 0.378 e. The monoisotopic (exact) mass is 402 g/mol. The minimum atomic E-state index is -0.438. The molecule has 0 atom stereocenters. The van der Waals surface area contributed by atoms with Gasteiger partial charge in [-0.1, -0.05) is 12.1 Å². The number of pyridine rings is 1. The van der Waals surface area contributed by atoms with Crippen LogP contribution in [0.25, 0.3) is 11.3 Å². The quantitative estimate of drug-likeness (QED) is 0.714. The second-order valence-electron chi connectivity index (χ2n) is 7.32. The molecule has 152 valence electrons. The molecule has 0 bridgehead atoms. The minimum Gasteiger partial charge on any atom is -0.378 e. The van der Waals surface area contributed by atoms with Crippen LogP contribution in [0.2, 0.25) is 0 Å². The molecule has 30 heavy (non-hydrogen) atoms. The van der Waals surface area contributed by atoms with E-state index in [0.717, 1.165) is 54.4 Å². The van der Waals surface area contributed by atoms with Crippen molar-refractivity contribution < 1.29 is 9.53 Å². The van der Waals surface area contributed by atoms with Crippen molar-refractivity contribution in [2.45, 2.75) is 6.42 Å². The number of morpholine rings is 1. The van der Waals surface area contributed by atoms with E-state index in [-0.39, 0.29) is 0 Å². The highest BCUT2D eigenvalue weighted by Gasteiger charge is 2.29. The van der Waals surface area contributed by atoms with Crippen LogP contribution < -0.4 is 15.5 Å². The van der Waals surface area contributed by atoms with E-state index in [4.69, 9.17) is 20.4 Å². The van der Waals surface area contributed by atoms with Gasteiger partial charge in [-0.25, -0.2) is 4.98 Å². The molecule has 2 aliphatic rings. The molecule has 0 saturated carbocycles. The Labute approximate surface area is 174 Å². The van der Waals surface area contributed by atoms with Crippen LogP contribution >= 0.6 is 0 Å². The Morgan fingerprint density at radius 1 is 0.967 bits per heavy atom. The van der Waals surface area contributed by atoms with Crippen molar-refractivity contribution in [3.05, 3.63) is 59.9 Å². The maximum absolute atomic E-state index is 11.5. The summed E-state index contributed by atoms with van der Waals surface area (Å²) in [7, 11) is 0. The molecule has 2 aromatic heterocycles. The lowest BCUT2D eigenvalue weighted by Gasteiger charge is -2.28. The van der Waals surface area contributed by atoms with Gasteiger partial charge in [0.15, 0.2) is 0 Å². The van der Waals surface area contributed by atoms with Crippen LogP contribution in [0.3, 0.4) is 0 Å². The molecule has 8 nitrogen and oxygen atoms in total. The fourth-order valence-corrected chi connectivity index (χ4v) is 3.95. The maximum atomic E-state index is 11.5. The van der Waals surface area contributed by atoms with Crippen molar-refractivity contribution >= 4 is 23.4 Å². The van der Waals surface area contributed by atoms with Gasteiger partial charge in [0.2, 0.25) is 11.9 Å². The lowest BCUT2D eigenvalue weighted by Crippen LogP contribution is -2.37. The molecule has 0 radical (unpaired) electrons. The van der Waals surface area contributed by atoms with Crippen molar-refractivity contribution in [2.24, 2.45) is 5.73 Å². The van der Waals surface area contributed by atoms with Crippen LogP contribution in [0.5, 0.6) is 0 Å². The first-order valence-electron chi connectivity index (χ1n) is 10.0. The zero-order valence-electron chi connectivity index (χ0n) is 16.5. The molecule has 1 aromatic carbocycles. The number of hydrogen-bond donors (Lipinski definition) is 1. The van der Waals surface area contributed by atoms with Crippen molar-refractivity contribution in [1.29, 1.82) is 0 Å². The average Bonchev–Trinajstić information content (AvgIpc) is 3.24. The van der Waals surface area contributed by atoms with E-state index in [1.165, 1.54) is 0 Å². The van der Waals surface area contributed by atoms with Crippen molar-refractivity contribution in [3.63, 3.8) is 0 Å². The summed E-state index contributed by atoms with van der Waals surface area (Å²) in [6.07, 6.45) is 4.43. The number of nitrogens with zero attached hydrogens (tertiary/aromatic N) is 5. The summed E-state index contributed by atoms with van der Waals surface area (Å²) < 4.78 is 5.50. The standard InChI is InChI=1S/C22H22N6O2/c23-20(29)16-3-1-15(2-4-16)19-18-7-10-28(17-5-8-24-9-6-17)21(18)26-22(25-19)27-11-13-30-14-12-27/h1-6,8-9H,7,10-14H2,(H2,23,29). The summed E-state index contributed by atoms with van der Waals surface area (Å²) in [4.78, 5) is 29.9. The molecule has 8 heteroatoms. The first-order valence-corrected chi connectivity index (χ1v) is 10.0. The SMILES string of the molecule is NC(=O)c1ccc(-c2nc(N3CCOCC3)nc3c2CCN3c2ccncc2)cc1. The molecule has 0 aliphatic carbocycles. The highest BCUT2D eigenvalue weighted by molar-refractivity contribution is 5.93. The summed E-state index contributed by atoms with van der Waals surface area (Å²) in [6, 6.07) is 11.3. The normalized spacial score (nSPS) is 15.9. The Hall–Kier alpha value is -3.52. The van der Waals surface area contributed by atoms with Crippen LogP contribution in [0, 0.1) is 0 Å². The summed E-state index contributed by atoms with van der Waals surface area (Å²) in [5, 5.41) is 0.